The van der Waals surface area contributed by atoms with Crippen molar-refractivity contribution in [1.29, 1.82) is 0 Å². The van der Waals surface area contributed by atoms with Crippen molar-refractivity contribution in [2.45, 2.75) is 17.8 Å². The highest BCUT2D eigenvalue weighted by molar-refractivity contribution is 8.13. The number of hydrogen-bond donors (Lipinski definition) is 0. The summed E-state index contributed by atoms with van der Waals surface area (Å²) in [5.74, 6) is -0.871. The third-order valence-electron chi connectivity index (χ3n) is 4.49. The summed E-state index contributed by atoms with van der Waals surface area (Å²) >= 11 is 1.43. The summed E-state index contributed by atoms with van der Waals surface area (Å²) in [6.07, 6.45) is 0. The van der Waals surface area contributed by atoms with Crippen LogP contribution in [0.1, 0.15) is 5.56 Å². The number of nitrogens with zero attached hydrogens (tertiary/aromatic N) is 2. The number of hydrogen-bond acceptors (Lipinski definition) is 5. The molecule has 0 aliphatic carbocycles. The largest absolute Gasteiger partial charge is 0.312 e. The first kappa shape index (κ1) is 17.5. The summed E-state index contributed by atoms with van der Waals surface area (Å²) in [5.41, 5.74) is 1.25. The average Bonchev–Trinajstić information content (AvgIpc) is 3.06. The molecule has 4 rings (SSSR count). The smallest absolute Gasteiger partial charge is 0.164 e. The fourth-order valence-corrected chi connectivity index (χ4v) is 6.23. The summed E-state index contributed by atoms with van der Waals surface area (Å²) in [4.78, 5) is 6.17. The number of halogens is 2. The minimum absolute atomic E-state index is 0.0353. The molecule has 0 aromatic heterocycles. The van der Waals surface area contributed by atoms with E-state index in [1.54, 1.807) is 4.90 Å². The average molecular weight is 394 g/mol. The van der Waals surface area contributed by atoms with Crippen molar-refractivity contribution in [3.05, 3.63) is 65.7 Å². The van der Waals surface area contributed by atoms with Crippen LogP contribution >= 0.6 is 11.8 Å². The van der Waals surface area contributed by atoms with Gasteiger partial charge in [-0.1, -0.05) is 42.1 Å². The van der Waals surface area contributed by atoms with Gasteiger partial charge in [0.2, 0.25) is 0 Å². The number of amidine groups is 1. The number of aliphatic imine (C=N–C) groups is 1. The zero-order valence-electron chi connectivity index (χ0n) is 13.7. The van der Waals surface area contributed by atoms with Gasteiger partial charge in [-0.2, -0.15) is 0 Å². The van der Waals surface area contributed by atoms with Gasteiger partial charge in [0.15, 0.2) is 15.0 Å². The summed E-state index contributed by atoms with van der Waals surface area (Å²) in [7, 11) is -3.21. The van der Waals surface area contributed by atoms with E-state index < -0.39 is 33.6 Å². The Balaban J connectivity index is 1.66. The second-order valence-electron chi connectivity index (χ2n) is 6.36. The Labute approximate surface area is 154 Å². The van der Waals surface area contributed by atoms with Gasteiger partial charge in [0, 0.05) is 11.8 Å². The lowest BCUT2D eigenvalue weighted by molar-refractivity contribution is 0.577. The van der Waals surface area contributed by atoms with Crippen molar-refractivity contribution in [2.75, 3.05) is 16.4 Å². The number of fused-ring (bicyclic) bond motifs is 1. The lowest BCUT2D eigenvalue weighted by Gasteiger charge is -2.26. The highest BCUT2D eigenvalue weighted by Crippen LogP contribution is 2.37. The molecule has 136 valence electrons. The van der Waals surface area contributed by atoms with Crippen molar-refractivity contribution in [3.8, 4) is 0 Å². The molecule has 4 nitrogen and oxygen atoms in total. The molecule has 2 aliphatic heterocycles. The zero-order chi connectivity index (χ0) is 18.3. The molecular formula is C18H16F2N2O2S2. The van der Waals surface area contributed by atoms with Crippen molar-refractivity contribution < 1.29 is 17.2 Å². The normalized spacial score (nSPS) is 23.8. The lowest BCUT2D eigenvalue weighted by Crippen LogP contribution is -2.39. The Morgan fingerprint density at radius 3 is 2.62 bits per heavy atom. The van der Waals surface area contributed by atoms with E-state index in [2.05, 4.69) is 4.99 Å². The van der Waals surface area contributed by atoms with Gasteiger partial charge in [-0.3, -0.25) is 4.99 Å². The first-order chi connectivity index (χ1) is 12.4. The standard InChI is InChI=1S/C18H16F2N2O2S2/c19-13-6-7-16(14(20)8-13)22-17-11-26(23,24)10-15(17)21-18(22)25-9-12-4-2-1-3-5-12/h1-8,15,17H,9-11H2/t15-,17+/m1/s1. The second-order valence-corrected chi connectivity index (χ2v) is 9.46. The predicted octanol–water partition coefficient (Wildman–Crippen LogP) is 3.24. The molecule has 8 heteroatoms. The maximum Gasteiger partial charge on any atom is 0.164 e. The third-order valence-corrected chi connectivity index (χ3v) is 7.22. The minimum Gasteiger partial charge on any atom is -0.312 e. The molecule has 1 saturated heterocycles. The highest BCUT2D eigenvalue weighted by atomic mass is 32.2. The van der Waals surface area contributed by atoms with E-state index in [1.165, 1.54) is 23.9 Å². The van der Waals surface area contributed by atoms with Gasteiger partial charge in [-0.05, 0) is 17.7 Å². The molecule has 2 heterocycles. The van der Waals surface area contributed by atoms with Crippen LogP contribution in [0.4, 0.5) is 14.5 Å². The molecular weight excluding hydrogens is 378 g/mol. The van der Waals surface area contributed by atoms with Crippen LogP contribution in [0, 0.1) is 11.6 Å². The monoisotopic (exact) mass is 394 g/mol. The van der Waals surface area contributed by atoms with E-state index in [-0.39, 0.29) is 17.2 Å². The van der Waals surface area contributed by atoms with Crippen LogP contribution < -0.4 is 4.90 Å². The summed E-state index contributed by atoms with van der Waals surface area (Å²) in [5, 5.41) is 0.573. The molecule has 0 amide bonds. The summed E-state index contributed by atoms with van der Waals surface area (Å²) in [6, 6.07) is 12.2. The first-order valence-corrected chi connectivity index (χ1v) is 10.9. The third kappa shape index (κ3) is 3.35. The summed E-state index contributed by atoms with van der Waals surface area (Å²) in [6.45, 7) is 0. The summed E-state index contributed by atoms with van der Waals surface area (Å²) < 4.78 is 51.7. The van der Waals surface area contributed by atoms with Crippen molar-refractivity contribution in [2.24, 2.45) is 4.99 Å². The second kappa shape index (κ2) is 6.66. The van der Waals surface area contributed by atoms with Gasteiger partial charge in [0.05, 0.1) is 29.3 Å². The van der Waals surface area contributed by atoms with Crippen LogP contribution in [0.2, 0.25) is 0 Å². The molecule has 0 saturated carbocycles. The Kier molecular flexibility index (Phi) is 4.48. The van der Waals surface area contributed by atoms with Crippen molar-refractivity contribution in [3.63, 3.8) is 0 Å². The fourth-order valence-electron chi connectivity index (χ4n) is 3.31. The number of anilines is 1. The van der Waals surface area contributed by atoms with E-state index in [4.69, 9.17) is 0 Å². The van der Waals surface area contributed by atoms with E-state index in [0.29, 0.717) is 10.9 Å². The molecule has 2 aromatic rings. The van der Waals surface area contributed by atoms with Gasteiger partial charge >= 0.3 is 0 Å². The Morgan fingerprint density at radius 1 is 1.12 bits per heavy atom. The molecule has 1 fully saturated rings. The van der Waals surface area contributed by atoms with E-state index >= 15 is 0 Å². The van der Waals surface area contributed by atoms with Crippen LogP contribution in [0.3, 0.4) is 0 Å². The molecule has 0 radical (unpaired) electrons. The van der Waals surface area contributed by atoms with Gasteiger partial charge in [-0.15, -0.1) is 0 Å². The molecule has 2 atom stereocenters. The molecule has 0 bridgehead atoms. The minimum atomic E-state index is -3.21. The molecule has 2 aromatic carbocycles. The zero-order valence-corrected chi connectivity index (χ0v) is 15.3. The van der Waals surface area contributed by atoms with Gasteiger partial charge in [-0.25, -0.2) is 17.2 Å². The van der Waals surface area contributed by atoms with Gasteiger partial charge in [0.1, 0.15) is 11.6 Å². The maximum absolute atomic E-state index is 14.4. The number of sulfone groups is 1. The molecule has 0 N–H and O–H groups in total. The molecule has 0 spiro atoms. The molecule has 0 unspecified atom stereocenters. The fraction of sp³-hybridized carbons (Fsp3) is 0.278. The van der Waals surface area contributed by atoms with Crippen LogP contribution in [0.5, 0.6) is 0 Å². The van der Waals surface area contributed by atoms with E-state index in [1.807, 2.05) is 30.3 Å². The highest BCUT2D eigenvalue weighted by Gasteiger charge is 2.47. The number of thioether (sulfide) groups is 1. The van der Waals surface area contributed by atoms with Crippen LogP contribution in [-0.2, 0) is 15.6 Å². The van der Waals surface area contributed by atoms with E-state index in [0.717, 1.165) is 11.6 Å². The van der Waals surface area contributed by atoms with Crippen LogP contribution in [-0.4, -0.2) is 37.2 Å². The molecule has 26 heavy (non-hydrogen) atoms. The van der Waals surface area contributed by atoms with E-state index in [9.17, 15) is 17.2 Å². The van der Waals surface area contributed by atoms with Gasteiger partial charge in [0.25, 0.3) is 0 Å². The first-order valence-electron chi connectivity index (χ1n) is 8.12. The van der Waals surface area contributed by atoms with Crippen LogP contribution in [0.25, 0.3) is 0 Å². The van der Waals surface area contributed by atoms with Gasteiger partial charge < -0.3 is 4.90 Å². The predicted molar refractivity (Wildman–Crippen MR) is 100 cm³/mol. The number of benzene rings is 2. The van der Waals surface area contributed by atoms with Crippen LogP contribution in [0.15, 0.2) is 53.5 Å². The Hall–Kier alpha value is -1.93. The lowest BCUT2D eigenvalue weighted by atomic mass is 10.1. The maximum atomic E-state index is 14.4. The Bertz CT molecular complexity index is 964. The topological polar surface area (TPSA) is 49.7 Å². The molecule has 2 aliphatic rings. The van der Waals surface area contributed by atoms with Crippen molar-refractivity contribution in [1.82, 2.24) is 0 Å². The Morgan fingerprint density at radius 2 is 1.88 bits per heavy atom. The number of rotatable bonds is 3. The SMILES string of the molecule is O=S1(=O)C[C@H]2N=C(SCc3ccccc3)N(c3ccc(F)cc3F)[C@H]2C1. The quantitative estimate of drug-likeness (QED) is 0.802. The van der Waals surface area contributed by atoms with Crippen molar-refractivity contribution >= 4 is 32.5 Å².